The molecule has 0 bridgehead atoms. The molecular weight excluding hydrogens is 450 g/mol. The fourth-order valence-corrected chi connectivity index (χ4v) is 4.51. The molecular formula is C26H29N3O6. The zero-order chi connectivity index (χ0) is 25.5. The molecule has 0 spiro atoms. The fourth-order valence-electron chi connectivity index (χ4n) is 4.51. The quantitative estimate of drug-likeness (QED) is 0.211. The van der Waals surface area contributed by atoms with Crippen LogP contribution in [0, 0.1) is 17.8 Å². The van der Waals surface area contributed by atoms with E-state index in [1.165, 1.54) is 6.08 Å². The van der Waals surface area contributed by atoms with Gasteiger partial charge >= 0.3 is 0 Å². The van der Waals surface area contributed by atoms with Crippen molar-refractivity contribution in [3.05, 3.63) is 60.2 Å². The first-order chi connectivity index (χ1) is 16.7. The summed E-state index contributed by atoms with van der Waals surface area (Å²) >= 11 is 0. The summed E-state index contributed by atoms with van der Waals surface area (Å²) in [6, 6.07) is 7.18. The van der Waals surface area contributed by atoms with Crippen LogP contribution in [-0.2, 0) is 28.8 Å². The molecule has 1 aliphatic heterocycles. The maximum absolute atomic E-state index is 12.9. The van der Waals surface area contributed by atoms with Crippen molar-refractivity contribution >= 4 is 35.2 Å². The van der Waals surface area contributed by atoms with Crippen LogP contribution >= 0.6 is 0 Å². The zero-order valence-corrected chi connectivity index (χ0v) is 19.7. The van der Waals surface area contributed by atoms with Crippen molar-refractivity contribution in [1.82, 2.24) is 16.0 Å². The average Bonchev–Trinajstić information content (AvgIpc) is 3.09. The van der Waals surface area contributed by atoms with E-state index >= 15 is 0 Å². The first kappa shape index (κ1) is 25.7. The number of imide groups is 1. The highest BCUT2D eigenvalue weighted by Gasteiger charge is 2.53. The van der Waals surface area contributed by atoms with Gasteiger partial charge < -0.3 is 10.6 Å². The lowest BCUT2D eigenvalue weighted by molar-refractivity contribution is -0.141. The predicted octanol–water partition coefficient (Wildman–Crippen LogP) is 1.31. The Morgan fingerprint density at radius 3 is 2.46 bits per heavy atom. The summed E-state index contributed by atoms with van der Waals surface area (Å²) in [6.07, 6.45) is 6.04. The Kier molecular flexibility index (Phi) is 8.46. The van der Waals surface area contributed by atoms with Crippen LogP contribution in [0.25, 0.3) is 0 Å². The molecule has 2 fully saturated rings. The highest BCUT2D eigenvalue weighted by atomic mass is 16.2. The minimum atomic E-state index is -1.09. The third kappa shape index (κ3) is 6.38. The molecule has 184 valence electrons. The van der Waals surface area contributed by atoms with E-state index in [0.29, 0.717) is 12.0 Å². The maximum atomic E-state index is 12.9. The lowest BCUT2D eigenvalue weighted by Crippen LogP contribution is -2.54. The van der Waals surface area contributed by atoms with Gasteiger partial charge in [0.05, 0.1) is 30.8 Å². The summed E-state index contributed by atoms with van der Waals surface area (Å²) in [6.45, 7) is 3.55. The van der Waals surface area contributed by atoms with Gasteiger partial charge in [-0.05, 0) is 30.9 Å². The van der Waals surface area contributed by atoms with Gasteiger partial charge in [0.1, 0.15) is 5.92 Å². The molecule has 1 aromatic rings. The normalized spacial score (nSPS) is 24.8. The van der Waals surface area contributed by atoms with E-state index in [1.807, 2.05) is 0 Å². The second-order valence-corrected chi connectivity index (χ2v) is 8.86. The third-order valence-corrected chi connectivity index (χ3v) is 6.24. The lowest BCUT2D eigenvalue weighted by atomic mass is 9.72. The Balaban J connectivity index is 1.67. The van der Waals surface area contributed by atoms with Crippen LogP contribution < -0.4 is 16.0 Å². The minimum Gasteiger partial charge on any atom is -0.348 e. The third-order valence-electron chi connectivity index (χ3n) is 6.24. The van der Waals surface area contributed by atoms with Gasteiger partial charge in [-0.3, -0.25) is 34.1 Å². The van der Waals surface area contributed by atoms with E-state index in [4.69, 9.17) is 0 Å². The van der Waals surface area contributed by atoms with Crippen molar-refractivity contribution in [3.8, 4) is 0 Å². The second kappa shape index (κ2) is 11.5. The molecule has 1 aliphatic carbocycles. The number of rotatable bonds is 9. The van der Waals surface area contributed by atoms with Crippen LogP contribution in [0.2, 0.25) is 0 Å². The van der Waals surface area contributed by atoms with E-state index in [1.54, 1.807) is 62.4 Å². The Bertz CT molecular complexity index is 1080. The summed E-state index contributed by atoms with van der Waals surface area (Å²) in [5.41, 5.74) is 0.664. The van der Waals surface area contributed by atoms with Crippen LogP contribution in [0.5, 0.6) is 0 Å². The first-order valence-corrected chi connectivity index (χ1v) is 11.6. The SMILES string of the molecule is C/C=C/C=C/C(=O)CC(=O)N[C@@H](CC(=O)N[C@@H]1C(=O)[C@@H]2C(=O)NC(=O)[C@H]2CC1C)c1ccccc1. The molecule has 1 saturated heterocycles. The molecule has 3 N–H and O–H groups in total. The molecule has 1 unspecified atom stereocenters. The molecule has 2 aliphatic rings. The number of carbonyl (C=O) groups is 6. The summed E-state index contributed by atoms with van der Waals surface area (Å²) in [5.74, 6) is -5.09. The van der Waals surface area contributed by atoms with Crippen LogP contribution in [0.3, 0.4) is 0 Å². The molecule has 35 heavy (non-hydrogen) atoms. The van der Waals surface area contributed by atoms with E-state index in [-0.39, 0.29) is 24.5 Å². The molecule has 9 heteroatoms. The number of fused-ring (bicyclic) bond motifs is 1. The van der Waals surface area contributed by atoms with Gasteiger partial charge in [0.2, 0.25) is 23.6 Å². The van der Waals surface area contributed by atoms with Crippen LogP contribution in [-0.4, -0.2) is 41.2 Å². The van der Waals surface area contributed by atoms with E-state index in [2.05, 4.69) is 16.0 Å². The number of Topliss-reactive ketones (excluding diaryl/α,β-unsaturated/α-hetero) is 1. The van der Waals surface area contributed by atoms with E-state index < -0.39 is 53.3 Å². The summed E-state index contributed by atoms with van der Waals surface area (Å²) in [7, 11) is 0. The van der Waals surface area contributed by atoms with Crippen molar-refractivity contribution in [2.75, 3.05) is 0 Å². The van der Waals surface area contributed by atoms with Gasteiger partial charge in [-0.15, -0.1) is 0 Å². The molecule has 0 aromatic heterocycles. The van der Waals surface area contributed by atoms with Gasteiger partial charge in [-0.1, -0.05) is 55.5 Å². The van der Waals surface area contributed by atoms with Crippen LogP contribution in [0.1, 0.15) is 44.7 Å². The second-order valence-electron chi connectivity index (χ2n) is 8.86. The van der Waals surface area contributed by atoms with E-state index in [0.717, 1.165) is 0 Å². The van der Waals surface area contributed by atoms with Crippen molar-refractivity contribution in [2.45, 2.75) is 45.2 Å². The fraction of sp³-hybridized carbons (Fsp3) is 0.385. The molecule has 5 atom stereocenters. The van der Waals surface area contributed by atoms with Gasteiger partial charge in [0.15, 0.2) is 11.6 Å². The van der Waals surface area contributed by atoms with Crippen LogP contribution in [0.4, 0.5) is 0 Å². The highest BCUT2D eigenvalue weighted by Crippen LogP contribution is 2.35. The minimum absolute atomic E-state index is 0.173. The van der Waals surface area contributed by atoms with Gasteiger partial charge in [-0.2, -0.15) is 0 Å². The van der Waals surface area contributed by atoms with Crippen molar-refractivity contribution < 1.29 is 28.8 Å². The number of allylic oxidation sites excluding steroid dienone is 4. The predicted molar refractivity (Wildman–Crippen MR) is 126 cm³/mol. The monoisotopic (exact) mass is 479 g/mol. The topological polar surface area (TPSA) is 139 Å². The van der Waals surface area contributed by atoms with Crippen molar-refractivity contribution in [2.24, 2.45) is 17.8 Å². The van der Waals surface area contributed by atoms with Gasteiger partial charge in [0.25, 0.3) is 0 Å². The number of amides is 4. The molecule has 3 rings (SSSR count). The Hall–Kier alpha value is -3.88. The molecule has 1 aromatic carbocycles. The lowest BCUT2D eigenvalue weighted by Gasteiger charge is -2.33. The van der Waals surface area contributed by atoms with E-state index in [9.17, 15) is 28.8 Å². The number of hydrogen-bond donors (Lipinski definition) is 3. The summed E-state index contributed by atoms with van der Waals surface area (Å²) in [5, 5.41) is 7.62. The number of hydrogen-bond acceptors (Lipinski definition) is 6. The first-order valence-electron chi connectivity index (χ1n) is 11.6. The molecule has 0 radical (unpaired) electrons. The van der Waals surface area contributed by atoms with Gasteiger partial charge in [0, 0.05) is 0 Å². The largest absolute Gasteiger partial charge is 0.348 e. The number of nitrogens with one attached hydrogen (secondary N) is 3. The number of carbonyl (C=O) groups excluding carboxylic acids is 6. The standard InChI is InChI=1S/C26H29N3O6/c1-3-4-6-11-17(30)13-20(31)27-19(16-9-7-5-8-10-16)14-21(32)28-23-15(2)12-18-22(24(23)33)26(35)29-25(18)34/h3-11,15,18-19,22-23H,12-14H2,1-2H3,(H,27,31)(H,28,32)(H,29,34,35)/b4-3+,11-6+/t15?,18-,19-,22+,23-/m0/s1. The maximum Gasteiger partial charge on any atom is 0.238 e. The number of benzene rings is 1. The Morgan fingerprint density at radius 2 is 1.77 bits per heavy atom. The zero-order valence-electron chi connectivity index (χ0n) is 19.7. The highest BCUT2D eigenvalue weighted by molar-refractivity contribution is 6.17. The van der Waals surface area contributed by atoms with Crippen molar-refractivity contribution in [1.29, 1.82) is 0 Å². The molecule has 1 heterocycles. The average molecular weight is 480 g/mol. The molecule has 9 nitrogen and oxygen atoms in total. The molecule has 4 amide bonds. The van der Waals surface area contributed by atoms with Crippen molar-refractivity contribution in [3.63, 3.8) is 0 Å². The van der Waals surface area contributed by atoms with Gasteiger partial charge in [-0.25, -0.2) is 0 Å². The Labute approximate surface area is 203 Å². The molecule has 1 saturated carbocycles. The smallest absolute Gasteiger partial charge is 0.238 e. The Morgan fingerprint density at radius 1 is 1.06 bits per heavy atom. The summed E-state index contributed by atoms with van der Waals surface area (Å²) in [4.78, 5) is 74.4. The summed E-state index contributed by atoms with van der Waals surface area (Å²) < 4.78 is 0. The van der Waals surface area contributed by atoms with Crippen LogP contribution in [0.15, 0.2) is 54.6 Å². The number of ketones is 2.